The lowest BCUT2D eigenvalue weighted by molar-refractivity contribution is -0.142. The van der Waals surface area contributed by atoms with Gasteiger partial charge in [0.25, 0.3) is 0 Å². The lowest BCUT2D eigenvalue weighted by Gasteiger charge is -2.23. The number of phenols is 1. The first-order valence-corrected chi connectivity index (χ1v) is 10.4. The fourth-order valence-corrected chi connectivity index (χ4v) is 3.18. The van der Waals surface area contributed by atoms with Crippen LogP contribution in [0.5, 0.6) is 17.2 Å². The van der Waals surface area contributed by atoms with Crippen molar-refractivity contribution < 1.29 is 24.1 Å². The number of esters is 1. The molecule has 32 heavy (non-hydrogen) atoms. The first-order valence-electron chi connectivity index (χ1n) is 10.4. The predicted molar refractivity (Wildman–Crippen MR) is 122 cm³/mol. The van der Waals surface area contributed by atoms with E-state index in [0.29, 0.717) is 46.8 Å². The third-order valence-corrected chi connectivity index (χ3v) is 4.95. The quantitative estimate of drug-likeness (QED) is 0.412. The number of hydrogen-bond donors (Lipinski definition) is 1. The van der Waals surface area contributed by atoms with Crippen molar-refractivity contribution >= 4 is 17.0 Å². The molecule has 3 aromatic rings. The van der Waals surface area contributed by atoms with Gasteiger partial charge in [-0.05, 0) is 30.5 Å². The van der Waals surface area contributed by atoms with Gasteiger partial charge in [0.05, 0.1) is 13.7 Å². The topological polar surface area (TPSA) is 95.7 Å². The van der Waals surface area contributed by atoms with Crippen LogP contribution in [0.2, 0.25) is 0 Å². The summed E-state index contributed by atoms with van der Waals surface area (Å²) in [6, 6.07) is 8.91. The maximum Gasteiger partial charge on any atom is 0.330 e. The summed E-state index contributed by atoms with van der Waals surface area (Å²) in [4.78, 5) is 12.7. The van der Waals surface area contributed by atoms with Crippen LogP contribution in [0.1, 0.15) is 39.7 Å². The Morgan fingerprint density at radius 2 is 1.91 bits per heavy atom. The third kappa shape index (κ3) is 5.19. The molecule has 0 spiro atoms. The summed E-state index contributed by atoms with van der Waals surface area (Å²) in [5, 5.41) is 20.0. The number of fused-ring (bicyclic) bond motifs is 1. The molecule has 8 heteroatoms. The standard InChI is InChI=1S/C24H29N3O5/c1-7-22(28)32-15(2)10-11-31-17-12-18(24(3,4)5)23(29)21(14-17)27-25-19-9-8-16(30-6)13-20(19)26-27/h7-9,12-15,29H,1,10-11H2,2-6H3. The molecule has 0 fully saturated rings. The lowest BCUT2D eigenvalue weighted by Crippen LogP contribution is -2.17. The zero-order valence-corrected chi connectivity index (χ0v) is 19.1. The minimum Gasteiger partial charge on any atom is -0.505 e. The van der Waals surface area contributed by atoms with Gasteiger partial charge in [-0.1, -0.05) is 27.4 Å². The van der Waals surface area contributed by atoms with Crippen LogP contribution in [0.25, 0.3) is 16.7 Å². The van der Waals surface area contributed by atoms with Crippen LogP contribution < -0.4 is 9.47 Å². The number of ether oxygens (including phenoxy) is 3. The molecule has 2 aromatic carbocycles. The molecule has 1 heterocycles. The number of carbonyl (C=O) groups excluding carboxylic acids is 1. The Morgan fingerprint density at radius 1 is 1.19 bits per heavy atom. The van der Waals surface area contributed by atoms with Crippen molar-refractivity contribution in [3.05, 3.63) is 48.6 Å². The van der Waals surface area contributed by atoms with E-state index in [1.807, 2.05) is 39.0 Å². The average Bonchev–Trinajstić information content (AvgIpc) is 3.16. The number of benzene rings is 2. The Labute approximate surface area is 187 Å². The van der Waals surface area contributed by atoms with Crippen LogP contribution in [0.15, 0.2) is 43.0 Å². The van der Waals surface area contributed by atoms with Crippen molar-refractivity contribution in [2.24, 2.45) is 0 Å². The molecule has 0 saturated heterocycles. The van der Waals surface area contributed by atoms with Gasteiger partial charge in [0.1, 0.15) is 40.1 Å². The summed E-state index contributed by atoms with van der Waals surface area (Å²) in [6.45, 7) is 11.5. The number of nitrogens with zero attached hydrogens (tertiary/aromatic N) is 3. The minimum atomic E-state index is -0.465. The SMILES string of the molecule is C=CC(=O)OC(C)CCOc1cc(-n2nc3ccc(OC)cc3n2)c(O)c(C(C)(C)C)c1. The Bertz CT molecular complexity index is 1130. The fourth-order valence-electron chi connectivity index (χ4n) is 3.18. The fraction of sp³-hybridized carbons (Fsp3) is 0.375. The summed E-state index contributed by atoms with van der Waals surface area (Å²) in [5.41, 5.74) is 2.08. The van der Waals surface area contributed by atoms with Gasteiger partial charge in [-0.3, -0.25) is 0 Å². The maximum atomic E-state index is 11.3. The smallest absolute Gasteiger partial charge is 0.330 e. The molecule has 0 aliphatic rings. The van der Waals surface area contributed by atoms with E-state index in [-0.39, 0.29) is 17.3 Å². The number of aromatic nitrogens is 3. The Hall–Kier alpha value is -3.55. The summed E-state index contributed by atoms with van der Waals surface area (Å²) in [6.07, 6.45) is 1.33. The molecule has 3 rings (SSSR count). The number of aromatic hydroxyl groups is 1. The van der Waals surface area contributed by atoms with Crippen LogP contribution in [-0.4, -0.2) is 45.9 Å². The molecule has 0 aliphatic carbocycles. The van der Waals surface area contributed by atoms with E-state index >= 15 is 0 Å². The molecule has 8 nitrogen and oxygen atoms in total. The molecular formula is C24H29N3O5. The number of hydrogen-bond acceptors (Lipinski definition) is 7. The van der Waals surface area contributed by atoms with Crippen LogP contribution in [-0.2, 0) is 14.9 Å². The molecule has 0 aliphatic heterocycles. The average molecular weight is 440 g/mol. The van der Waals surface area contributed by atoms with Gasteiger partial charge in [0.15, 0.2) is 0 Å². The van der Waals surface area contributed by atoms with E-state index in [0.717, 1.165) is 6.08 Å². The van der Waals surface area contributed by atoms with E-state index in [9.17, 15) is 9.90 Å². The second kappa shape index (κ2) is 9.30. The monoisotopic (exact) mass is 439 g/mol. The van der Waals surface area contributed by atoms with Gasteiger partial charge in [-0.25, -0.2) is 4.79 Å². The van der Waals surface area contributed by atoms with Crippen molar-refractivity contribution in [1.29, 1.82) is 0 Å². The maximum absolute atomic E-state index is 11.3. The highest BCUT2D eigenvalue weighted by Crippen LogP contribution is 2.38. The highest BCUT2D eigenvalue weighted by Gasteiger charge is 2.24. The molecule has 0 saturated carbocycles. The van der Waals surface area contributed by atoms with E-state index < -0.39 is 5.97 Å². The van der Waals surface area contributed by atoms with Crippen LogP contribution in [0, 0.1) is 0 Å². The largest absolute Gasteiger partial charge is 0.505 e. The minimum absolute atomic E-state index is 0.0883. The van der Waals surface area contributed by atoms with Gasteiger partial charge in [0.2, 0.25) is 0 Å². The molecule has 170 valence electrons. The molecular weight excluding hydrogens is 410 g/mol. The highest BCUT2D eigenvalue weighted by molar-refractivity contribution is 5.81. The summed E-state index contributed by atoms with van der Waals surface area (Å²) < 4.78 is 16.4. The second-order valence-corrected chi connectivity index (χ2v) is 8.52. The lowest BCUT2D eigenvalue weighted by atomic mass is 9.86. The predicted octanol–water partition coefficient (Wildman–Crippen LogP) is 4.32. The van der Waals surface area contributed by atoms with Crippen molar-refractivity contribution in [2.75, 3.05) is 13.7 Å². The molecule has 1 aromatic heterocycles. The van der Waals surface area contributed by atoms with E-state index in [1.54, 1.807) is 26.2 Å². The number of phenolic OH excluding ortho intramolecular Hbond substituents is 1. The molecule has 0 amide bonds. The van der Waals surface area contributed by atoms with E-state index in [2.05, 4.69) is 16.8 Å². The van der Waals surface area contributed by atoms with E-state index in [1.165, 1.54) is 4.80 Å². The van der Waals surface area contributed by atoms with Crippen LogP contribution >= 0.6 is 0 Å². The first kappa shape index (κ1) is 23.1. The molecule has 0 radical (unpaired) electrons. The number of carbonyl (C=O) groups is 1. The zero-order valence-electron chi connectivity index (χ0n) is 19.1. The third-order valence-electron chi connectivity index (χ3n) is 4.95. The Kier molecular flexibility index (Phi) is 6.72. The van der Waals surface area contributed by atoms with Crippen molar-refractivity contribution in [3.8, 4) is 22.9 Å². The van der Waals surface area contributed by atoms with Gasteiger partial charge < -0.3 is 19.3 Å². The van der Waals surface area contributed by atoms with Crippen LogP contribution in [0.3, 0.4) is 0 Å². The zero-order chi connectivity index (χ0) is 23.5. The van der Waals surface area contributed by atoms with Crippen molar-refractivity contribution in [2.45, 2.75) is 45.6 Å². The van der Waals surface area contributed by atoms with Crippen molar-refractivity contribution in [3.63, 3.8) is 0 Å². The summed E-state index contributed by atoms with van der Waals surface area (Å²) >= 11 is 0. The Morgan fingerprint density at radius 3 is 2.56 bits per heavy atom. The second-order valence-electron chi connectivity index (χ2n) is 8.52. The molecule has 1 N–H and O–H groups in total. The number of methoxy groups -OCH3 is 1. The normalized spacial score (nSPS) is 12.4. The van der Waals surface area contributed by atoms with Gasteiger partial charge in [-0.15, -0.1) is 15.0 Å². The Balaban J connectivity index is 1.92. The highest BCUT2D eigenvalue weighted by atomic mass is 16.5. The molecule has 1 unspecified atom stereocenters. The molecule has 0 bridgehead atoms. The summed E-state index contributed by atoms with van der Waals surface area (Å²) in [5.74, 6) is 0.856. The molecule has 1 atom stereocenters. The number of rotatable bonds is 8. The van der Waals surface area contributed by atoms with Gasteiger partial charge >= 0.3 is 5.97 Å². The van der Waals surface area contributed by atoms with Crippen LogP contribution in [0.4, 0.5) is 0 Å². The van der Waals surface area contributed by atoms with Gasteiger partial charge in [0, 0.05) is 30.2 Å². The van der Waals surface area contributed by atoms with E-state index in [4.69, 9.17) is 14.2 Å². The van der Waals surface area contributed by atoms with Crippen molar-refractivity contribution in [1.82, 2.24) is 15.0 Å². The first-order chi connectivity index (χ1) is 15.1. The summed E-state index contributed by atoms with van der Waals surface area (Å²) in [7, 11) is 1.59. The van der Waals surface area contributed by atoms with Gasteiger partial charge in [-0.2, -0.15) is 0 Å².